The van der Waals surface area contributed by atoms with Crippen LogP contribution in [0.1, 0.15) is 69.8 Å². The van der Waals surface area contributed by atoms with Crippen LogP contribution in [0.2, 0.25) is 0 Å². The van der Waals surface area contributed by atoms with Crippen LogP contribution in [0.5, 0.6) is 5.75 Å². The third kappa shape index (κ3) is 5.51. The van der Waals surface area contributed by atoms with Crippen LogP contribution in [-0.2, 0) is 10.2 Å². The van der Waals surface area contributed by atoms with Gasteiger partial charge in [-0.05, 0) is 43.4 Å². The van der Waals surface area contributed by atoms with Gasteiger partial charge in [-0.2, -0.15) is 0 Å². The Bertz CT molecular complexity index is 539. The fourth-order valence-corrected chi connectivity index (χ4v) is 2.11. The minimum absolute atomic E-state index is 0.00503. The fraction of sp³-hybridized carbons (Fsp3) is 0.556. The number of ether oxygens (including phenoxy) is 1. The van der Waals surface area contributed by atoms with Crippen LogP contribution < -0.4 is 4.74 Å². The number of ketones is 1. The van der Waals surface area contributed by atoms with E-state index in [0.717, 1.165) is 5.56 Å². The van der Waals surface area contributed by atoms with Crippen molar-refractivity contribution in [2.45, 2.75) is 65.4 Å². The number of rotatable bonds is 7. The van der Waals surface area contributed by atoms with Gasteiger partial charge in [0.15, 0.2) is 5.78 Å². The van der Waals surface area contributed by atoms with E-state index in [1.165, 1.54) is 0 Å². The lowest BCUT2D eigenvalue weighted by Crippen LogP contribution is -2.15. The molecular weight excluding hydrogens is 280 g/mol. The molecule has 1 aromatic carbocycles. The Morgan fingerprint density at radius 1 is 1.18 bits per heavy atom. The molecule has 0 saturated carbocycles. The highest BCUT2D eigenvalue weighted by Crippen LogP contribution is 2.29. The van der Waals surface area contributed by atoms with Gasteiger partial charge < -0.3 is 9.84 Å². The molecule has 0 aliphatic carbocycles. The maximum absolute atomic E-state index is 12.4. The summed E-state index contributed by atoms with van der Waals surface area (Å²) in [5, 5.41) is 8.69. The van der Waals surface area contributed by atoms with Crippen molar-refractivity contribution in [1.82, 2.24) is 0 Å². The van der Waals surface area contributed by atoms with Crippen molar-refractivity contribution >= 4 is 11.8 Å². The first-order valence-corrected chi connectivity index (χ1v) is 7.67. The number of carbonyl (C=O) groups excluding carboxylic acids is 1. The quantitative estimate of drug-likeness (QED) is 0.766. The second kappa shape index (κ2) is 7.43. The highest BCUT2D eigenvalue weighted by Gasteiger charge is 2.20. The molecule has 1 aromatic rings. The lowest BCUT2D eigenvalue weighted by molar-refractivity contribution is -0.137. The molecule has 1 N–H and O–H groups in total. The van der Waals surface area contributed by atoms with Gasteiger partial charge in [0.2, 0.25) is 0 Å². The van der Waals surface area contributed by atoms with Gasteiger partial charge in [0, 0.05) is 12.8 Å². The molecule has 0 atom stereocenters. The number of hydrogen-bond donors (Lipinski definition) is 1. The number of benzene rings is 1. The van der Waals surface area contributed by atoms with E-state index in [1.54, 1.807) is 0 Å². The van der Waals surface area contributed by atoms with Gasteiger partial charge in [0.05, 0.1) is 11.7 Å². The Balaban J connectivity index is 3.05. The van der Waals surface area contributed by atoms with E-state index in [2.05, 4.69) is 20.8 Å². The smallest absolute Gasteiger partial charge is 0.303 e. The third-order valence-electron chi connectivity index (χ3n) is 3.30. The first-order chi connectivity index (χ1) is 10.1. The van der Waals surface area contributed by atoms with Crippen molar-refractivity contribution in [3.8, 4) is 5.75 Å². The summed E-state index contributed by atoms with van der Waals surface area (Å²) in [7, 11) is 0. The Labute approximate surface area is 132 Å². The minimum Gasteiger partial charge on any atom is -0.490 e. The normalized spacial score (nSPS) is 11.5. The van der Waals surface area contributed by atoms with Crippen LogP contribution in [-0.4, -0.2) is 23.0 Å². The summed E-state index contributed by atoms with van der Waals surface area (Å²) in [6.45, 7) is 10.1. The van der Waals surface area contributed by atoms with Crippen molar-refractivity contribution in [2.75, 3.05) is 0 Å². The van der Waals surface area contributed by atoms with Gasteiger partial charge in [-0.1, -0.05) is 26.8 Å². The standard InChI is InChI=1S/C18H26O4/c1-12(2)22-16-10-9-13(18(3,4)5)11-14(16)15(19)7-6-8-17(20)21/h9-12H,6-8H2,1-5H3,(H,20,21). The molecule has 0 aliphatic heterocycles. The molecule has 0 aromatic heterocycles. The topological polar surface area (TPSA) is 63.6 Å². The molecule has 4 nitrogen and oxygen atoms in total. The predicted octanol–water partition coefficient (Wildman–Crippen LogP) is 4.21. The molecule has 0 fully saturated rings. The highest BCUT2D eigenvalue weighted by molar-refractivity contribution is 5.99. The predicted molar refractivity (Wildman–Crippen MR) is 86.7 cm³/mol. The SMILES string of the molecule is CC(C)Oc1ccc(C(C)(C)C)cc1C(=O)CCCC(=O)O. The molecule has 0 amide bonds. The molecule has 22 heavy (non-hydrogen) atoms. The number of hydrogen-bond acceptors (Lipinski definition) is 3. The third-order valence-corrected chi connectivity index (χ3v) is 3.30. The Morgan fingerprint density at radius 3 is 2.32 bits per heavy atom. The van der Waals surface area contributed by atoms with Gasteiger partial charge in [-0.25, -0.2) is 0 Å². The van der Waals surface area contributed by atoms with Gasteiger partial charge in [0.1, 0.15) is 5.75 Å². The Morgan fingerprint density at radius 2 is 1.82 bits per heavy atom. The van der Waals surface area contributed by atoms with Gasteiger partial charge >= 0.3 is 5.97 Å². The van der Waals surface area contributed by atoms with Gasteiger partial charge in [-0.15, -0.1) is 0 Å². The van der Waals surface area contributed by atoms with Crippen LogP contribution in [0, 0.1) is 0 Å². The zero-order valence-corrected chi connectivity index (χ0v) is 14.1. The molecule has 0 heterocycles. The first kappa shape index (κ1) is 18.2. The number of carbonyl (C=O) groups is 2. The molecular formula is C18H26O4. The first-order valence-electron chi connectivity index (χ1n) is 7.67. The second-order valence-electron chi connectivity index (χ2n) is 6.80. The van der Waals surface area contributed by atoms with Crippen LogP contribution in [0.15, 0.2) is 18.2 Å². The Hall–Kier alpha value is -1.84. The largest absolute Gasteiger partial charge is 0.490 e. The minimum atomic E-state index is -0.880. The molecule has 122 valence electrons. The summed E-state index contributed by atoms with van der Waals surface area (Å²) in [5.41, 5.74) is 1.55. The molecule has 0 unspecified atom stereocenters. The zero-order chi connectivity index (χ0) is 16.9. The number of carboxylic acids is 1. The molecule has 0 aliphatic rings. The van der Waals surface area contributed by atoms with E-state index in [-0.39, 0.29) is 30.1 Å². The van der Waals surface area contributed by atoms with Crippen molar-refractivity contribution in [3.63, 3.8) is 0 Å². The van der Waals surface area contributed by atoms with Crippen LogP contribution in [0.4, 0.5) is 0 Å². The summed E-state index contributed by atoms with van der Waals surface area (Å²) in [6, 6.07) is 5.69. The van der Waals surface area contributed by atoms with E-state index >= 15 is 0 Å². The maximum Gasteiger partial charge on any atom is 0.303 e. The molecule has 1 rings (SSSR count). The summed E-state index contributed by atoms with van der Waals surface area (Å²) >= 11 is 0. The van der Waals surface area contributed by atoms with Crippen molar-refractivity contribution < 1.29 is 19.4 Å². The molecule has 0 radical (unpaired) electrons. The van der Waals surface area contributed by atoms with Gasteiger partial charge in [-0.3, -0.25) is 9.59 Å². The number of carboxylic acid groups (broad SMARTS) is 1. The van der Waals surface area contributed by atoms with E-state index < -0.39 is 5.97 Å². The average molecular weight is 306 g/mol. The van der Waals surface area contributed by atoms with Crippen molar-refractivity contribution in [1.29, 1.82) is 0 Å². The van der Waals surface area contributed by atoms with Crippen molar-refractivity contribution in [3.05, 3.63) is 29.3 Å². The monoisotopic (exact) mass is 306 g/mol. The summed E-state index contributed by atoms with van der Waals surface area (Å²) in [4.78, 5) is 23.0. The molecule has 0 bridgehead atoms. The van der Waals surface area contributed by atoms with Crippen LogP contribution >= 0.6 is 0 Å². The highest BCUT2D eigenvalue weighted by atomic mass is 16.5. The number of Topliss-reactive ketones (excluding diaryl/α,β-unsaturated/α-hetero) is 1. The summed E-state index contributed by atoms with van der Waals surface area (Å²) in [6.07, 6.45) is 0.542. The summed E-state index contributed by atoms with van der Waals surface area (Å²) in [5.74, 6) is -0.374. The van der Waals surface area contributed by atoms with Crippen LogP contribution in [0.3, 0.4) is 0 Å². The van der Waals surface area contributed by atoms with Crippen molar-refractivity contribution in [2.24, 2.45) is 0 Å². The fourth-order valence-electron chi connectivity index (χ4n) is 2.11. The average Bonchev–Trinajstić information content (AvgIpc) is 2.36. The van der Waals surface area contributed by atoms with E-state index in [4.69, 9.17) is 9.84 Å². The summed E-state index contributed by atoms with van der Waals surface area (Å²) < 4.78 is 5.72. The Kier molecular flexibility index (Phi) is 6.15. The van der Waals surface area contributed by atoms with E-state index in [9.17, 15) is 9.59 Å². The molecule has 0 saturated heterocycles. The molecule has 4 heteroatoms. The maximum atomic E-state index is 12.4. The number of aliphatic carboxylic acids is 1. The van der Waals surface area contributed by atoms with Crippen LogP contribution in [0.25, 0.3) is 0 Å². The lowest BCUT2D eigenvalue weighted by Gasteiger charge is -2.22. The lowest BCUT2D eigenvalue weighted by atomic mass is 9.85. The molecule has 0 spiro atoms. The second-order valence-corrected chi connectivity index (χ2v) is 6.80. The van der Waals surface area contributed by atoms with E-state index in [0.29, 0.717) is 17.7 Å². The van der Waals surface area contributed by atoms with E-state index in [1.807, 2.05) is 32.0 Å². The zero-order valence-electron chi connectivity index (χ0n) is 14.1. The van der Waals surface area contributed by atoms with Gasteiger partial charge in [0.25, 0.3) is 0 Å².